The second-order valence-electron chi connectivity index (χ2n) is 3.50. The molecule has 0 heterocycles. The van der Waals surface area contributed by atoms with Crippen LogP contribution in [0.5, 0.6) is 5.75 Å². The number of carbonyl (C=O) groups is 1. The molecule has 108 valence electrons. The van der Waals surface area contributed by atoms with Gasteiger partial charge in [-0.2, -0.15) is 0 Å². The lowest BCUT2D eigenvalue weighted by Crippen LogP contribution is -2.16. The fraction of sp³-hybridized carbons (Fsp3) is 0.250. The fourth-order valence-electron chi connectivity index (χ4n) is 1.32. The number of nitrogens with zero attached hydrogens (tertiary/aromatic N) is 1. The third-order valence-electron chi connectivity index (χ3n) is 2.21. The van der Waals surface area contributed by atoms with Crippen LogP contribution in [0.2, 0.25) is 0 Å². The first kappa shape index (κ1) is 16.0. The van der Waals surface area contributed by atoms with E-state index in [1.54, 1.807) is 25.1 Å². The SMILES string of the molecule is CCOC(=O)/C(=C/Nc1ccc(Br)cc1OC)[N+](=O)[O-]. The number of nitrogens with one attached hydrogen (secondary N) is 1. The van der Waals surface area contributed by atoms with Crippen LogP contribution in [0, 0.1) is 10.1 Å². The van der Waals surface area contributed by atoms with Gasteiger partial charge in [-0.15, -0.1) is 0 Å². The molecule has 0 saturated heterocycles. The Bertz CT molecular complexity index is 545. The molecule has 0 radical (unpaired) electrons. The van der Waals surface area contributed by atoms with E-state index in [4.69, 9.17) is 4.74 Å². The number of rotatable bonds is 6. The molecule has 0 saturated carbocycles. The van der Waals surface area contributed by atoms with Gasteiger partial charge >= 0.3 is 11.7 Å². The van der Waals surface area contributed by atoms with Crippen molar-refractivity contribution < 1.29 is 19.2 Å². The van der Waals surface area contributed by atoms with Crippen LogP contribution in [-0.2, 0) is 9.53 Å². The van der Waals surface area contributed by atoms with Gasteiger partial charge in [-0.3, -0.25) is 10.1 Å². The van der Waals surface area contributed by atoms with Gasteiger partial charge in [0.2, 0.25) is 0 Å². The highest BCUT2D eigenvalue weighted by molar-refractivity contribution is 9.10. The van der Waals surface area contributed by atoms with Gasteiger partial charge < -0.3 is 14.8 Å². The van der Waals surface area contributed by atoms with Gasteiger partial charge in [0.05, 0.1) is 30.5 Å². The number of methoxy groups -OCH3 is 1. The van der Waals surface area contributed by atoms with E-state index in [1.807, 2.05) is 0 Å². The first-order valence-electron chi connectivity index (χ1n) is 5.61. The number of benzene rings is 1. The van der Waals surface area contributed by atoms with Crippen molar-refractivity contribution in [2.24, 2.45) is 0 Å². The van der Waals surface area contributed by atoms with Gasteiger partial charge in [-0.1, -0.05) is 15.9 Å². The minimum absolute atomic E-state index is 0.0611. The molecule has 0 atom stereocenters. The Morgan fingerprint density at radius 3 is 2.80 bits per heavy atom. The van der Waals surface area contributed by atoms with Gasteiger partial charge in [0.1, 0.15) is 5.75 Å². The van der Waals surface area contributed by atoms with E-state index in [0.717, 1.165) is 10.7 Å². The standard InChI is InChI=1S/C12H13BrN2O5/c1-3-20-12(16)10(15(17)18)7-14-9-5-4-8(13)6-11(9)19-2/h4-7,14H,3H2,1-2H3/b10-7-. The van der Waals surface area contributed by atoms with Crippen LogP contribution < -0.4 is 10.1 Å². The Balaban J connectivity index is 2.98. The van der Waals surface area contributed by atoms with Crippen molar-refractivity contribution in [2.45, 2.75) is 6.92 Å². The number of ether oxygens (including phenoxy) is 2. The first-order chi connectivity index (χ1) is 9.49. The summed E-state index contributed by atoms with van der Waals surface area (Å²) >= 11 is 3.28. The van der Waals surface area contributed by atoms with Gasteiger partial charge in [0.15, 0.2) is 0 Å². The summed E-state index contributed by atoms with van der Waals surface area (Å²) < 4.78 is 10.5. The molecule has 20 heavy (non-hydrogen) atoms. The molecule has 1 rings (SSSR count). The predicted molar refractivity (Wildman–Crippen MR) is 76.0 cm³/mol. The number of nitro groups is 1. The van der Waals surface area contributed by atoms with E-state index in [-0.39, 0.29) is 6.61 Å². The zero-order valence-electron chi connectivity index (χ0n) is 10.9. The molecule has 8 heteroatoms. The van der Waals surface area contributed by atoms with Crippen molar-refractivity contribution in [2.75, 3.05) is 19.0 Å². The largest absolute Gasteiger partial charge is 0.495 e. The van der Waals surface area contributed by atoms with E-state index in [9.17, 15) is 14.9 Å². The van der Waals surface area contributed by atoms with Crippen molar-refractivity contribution >= 4 is 27.6 Å². The lowest BCUT2D eigenvalue weighted by Gasteiger charge is -2.08. The molecule has 1 N–H and O–H groups in total. The van der Waals surface area contributed by atoms with Crippen molar-refractivity contribution in [3.05, 3.63) is 44.7 Å². The highest BCUT2D eigenvalue weighted by Crippen LogP contribution is 2.28. The Morgan fingerprint density at radius 1 is 1.55 bits per heavy atom. The maximum atomic E-state index is 11.4. The maximum absolute atomic E-state index is 11.4. The Hall–Kier alpha value is -2.09. The lowest BCUT2D eigenvalue weighted by molar-refractivity contribution is -0.421. The van der Waals surface area contributed by atoms with Gasteiger partial charge in [-0.05, 0) is 25.1 Å². The summed E-state index contributed by atoms with van der Waals surface area (Å²) in [5.41, 5.74) is -0.198. The van der Waals surface area contributed by atoms with Gasteiger partial charge in [-0.25, -0.2) is 4.79 Å². The summed E-state index contributed by atoms with van der Waals surface area (Å²) in [7, 11) is 1.47. The molecule has 1 aromatic rings. The number of carbonyl (C=O) groups excluding carboxylic acids is 1. The van der Waals surface area contributed by atoms with Crippen molar-refractivity contribution in [3.8, 4) is 5.75 Å². The van der Waals surface area contributed by atoms with E-state index in [1.165, 1.54) is 7.11 Å². The average Bonchev–Trinajstić information content (AvgIpc) is 2.40. The molecule has 0 aromatic heterocycles. The summed E-state index contributed by atoms with van der Waals surface area (Å²) in [6, 6.07) is 5.07. The number of esters is 1. The van der Waals surface area contributed by atoms with E-state index < -0.39 is 16.6 Å². The molecule has 0 aliphatic carbocycles. The molecule has 0 bridgehead atoms. The van der Waals surface area contributed by atoms with Gasteiger partial charge in [0.25, 0.3) is 0 Å². The third-order valence-corrected chi connectivity index (χ3v) is 2.70. The molecule has 0 aliphatic heterocycles. The van der Waals surface area contributed by atoms with Crippen LogP contribution in [0.1, 0.15) is 6.92 Å². The second-order valence-corrected chi connectivity index (χ2v) is 4.41. The minimum atomic E-state index is -0.999. The van der Waals surface area contributed by atoms with Crippen LogP contribution in [-0.4, -0.2) is 24.6 Å². The average molecular weight is 345 g/mol. The molecule has 1 aromatic carbocycles. The molecule has 0 fully saturated rings. The van der Waals surface area contributed by atoms with Crippen LogP contribution >= 0.6 is 15.9 Å². The fourth-order valence-corrected chi connectivity index (χ4v) is 1.66. The second kappa shape index (κ2) is 7.49. The number of halogens is 1. The molecule has 0 unspecified atom stereocenters. The normalized spacial score (nSPS) is 10.8. The third kappa shape index (κ3) is 4.23. The molecular formula is C12H13BrN2O5. The predicted octanol–water partition coefficient (Wildman–Crippen LogP) is 2.55. The van der Waals surface area contributed by atoms with Crippen molar-refractivity contribution in [1.29, 1.82) is 0 Å². The zero-order chi connectivity index (χ0) is 15.1. The topological polar surface area (TPSA) is 90.7 Å². The van der Waals surface area contributed by atoms with E-state index in [2.05, 4.69) is 26.0 Å². The van der Waals surface area contributed by atoms with Crippen molar-refractivity contribution in [3.63, 3.8) is 0 Å². The Labute approximate surface area is 123 Å². The van der Waals surface area contributed by atoms with E-state index >= 15 is 0 Å². The summed E-state index contributed by atoms with van der Waals surface area (Å²) in [5, 5.41) is 13.5. The number of anilines is 1. The number of hydrogen-bond donors (Lipinski definition) is 1. The first-order valence-corrected chi connectivity index (χ1v) is 6.40. The van der Waals surface area contributed by atoms with Crippen molar-refractivity contribution in [1.82, 2.24) is 0 Å². The monoisotopic (exact) mass is 344 g/mol. The molecule has 0 amide bonds. The van der Waals surface area contributed by atoms with Crippen LogP contribution in [0.25, 0.3) is 0 Å². The van der Waals surface area contributed by atoms with Crippen LogP contribution in [0.15, 0.2) is 34.6 Å². The highest BCUT2D eigenvalue weighted by Gasteiger charge is 2.23. The van der Waals surface area contributed by atoms with Gasteiger partial charge in [0, 0.05) is 4.47 Å². The molecule has 7 nitrogen and oxygen atoms in total. The quantitative estimate of drug-likeness (QED) is 0.369. The smallest absolute Gasteiger partial charge is 0.411 e. The summed E-state index contributed by atoms with van der Waals surface area (Å²) in [5.74, 6) is -0.525. The van der Waals surface area contributed by atoms with Crippen LogP contribution in [0.4, 0.5) is 5.69 Å². The summed E-state index contributed by atoms with van der Waals surface area (Å²) in [6.07, 6.45) is 0.976. The van der Waals surface area contributed by atoms with E-state index in [0.29, 0.717) is 11.4 Å². The molecule has 0 spiro atoms. The zero-order valence-corrected chi connectivity index (χ0v) is 12.5. The molecular weight excluding hydrogens is 332 g/mol. The highest BCUT2D eigenvalue weighted by atomic mass is 79.9. The summed E-state index contributed by atoms with van der Waals surface area (Å²) in [4.78, 5) is 21.4. The minimum Gasteiger partial charge on any atom is -0.495 e. The number of hydrogen-bond acceptors (Lipinski definition) is 6. The molecule has 0 aliphatic rings. The maximum Gasteiger partial charge on any atom is 0.411 e. The van der Waals surface area contributed by atoms with Crippen LogP contribution in [0.3, 0.4) is 0 Å². The Morgan fingerprint density at radius 2 is 2.25 bits per heavy atom. The summed E-state index contributed by atoms with van der Waals surface area (Å²) in [6.45, 7) is 1.63. The Kier molecular flexibility index (Phi) is 5.98. The lowest BCUT2D eigenvalue weighted by atomic mass is 10.3.